The van der Waals surface area contributed by atoms with E-state index in [9.17, 15) is 17.6 Å². The van der Waals surface area contributed by atoms with Crippen molar-refractivity contribution < 1.29 is 22.3 Å². The Bertz CT molecular complexity index is 378. The van der Waals surface area contributed by atoms with Gasteiger partial charge >= 0.3 is 6.18 Å². The molecule has 0 saturated heterocycles. The minimum Gasteiger partial charge on any atom is -0.497 e. The lowest BCUT2D eigenvalue weighted by atomic mass is 9.94. The van der Waals surface area contributed by atoms with Crippen LogP contribution in [0, 0.1) is 5.82 Å². The summed E-state index contributed by atoms with van der Waals surface area (Å²) in [6.45, 7) is -0.157. The van der Waals surface area contributed by atoms with Crippen molar-refractivity contribution in [1.29, 1.82) is 0 Å². The molecule has 0 amide bonds. The van der Waals surface area contributed by atoms with Crippen LogP contribution in [0.5, 0.6) is 5.75 Å². The molecule has 2 nitrogen and oxygen atoms in total. The van der Waals surface area contributed by atoms with E-state index >= 15 is 0 Å². The van der Waals surface area contributed by atoms with Gasteiger partial charge in [-0.05, 0) is 19.0 Å². The number of alkyl halides is 3. The number of nitrogens with two attached hydrogens (primary N) is 1. The number of hydrogen-bond acceptors (Lipinski definition) is 2. The minimum absolute atomic E-state index is 0.157. The summed E-state index contributed by atoms with van der Waals surface area (Å²) in [5.74, 6) is -2.63. The van der Waals surface area contributed by atoms with E-state index in [0.29, 0.717) is 0 Å². The highest BCUT2D eigenvalue weighted by atomic mass is 19.4. The molecule has 0 spiro atoms. The second-order valence-electron chi connectivity index (χ2n) is 3.56. The summed E-state index contributed by atoms with van der Waals surface area (Å²) in [5.41, 5.74) is 4.72. The van der Waals surface area contributed by atoms with Crippen molar-refractivity contribution in [1.82, 2.24) is 0 Å². The second kappa shape index (κ2) is 5.35. The molecular weight excluding hydrogens is 238 g/mol. The zero-order chi connectivity index (χ0) is 13.1. The molecule has 2 N–H and O–H groups in total. The number of methoxy groups -OCH3 is 1. The van der Waals surface area contributed by atoms with Crippen LogP contribution in [0.25, 0.3) is 0 Å². The molecule has 0 aliphatic rings. The first-order chi connectivity index (χ1) is 7.90. The largest absolute Gasteiger partial charge is 0.497 e. The maximum absolute atomic E-state index is 13.5. The molecule has 1 unspecified atom stereocenters. The number of ether oxygens (including phenoxy) is 1. The standard InChI is InChI=1S/C11H13F4NO/c1-17-7-2-3-8(10(12)6-7)9(4-5-16)11(13,14)15/h2-3,6,9H,4-5,16H2,1H3. The predicted molar refractivity (Wildman–Crippen MR) is 55.4 cm³/mol. The summed E-state index contributed by atoms with van der Waals surface area (Å²) in [6, 6.07) is 3.32. The third-order valence-electron chi connectivity index (χ3n) is 2.43. The molecule has 0 fully saturated rings. The van der Waals surface area contributed by atoms with Gasteiger partial charge < -0.3 is 10.5 Å². The highest BCUT2D eigenvalue weighted by Crippen LogP contribution is 2.38. The van der Waals surface area contributed by atoms with Gasteiger partial charge in [-0.1, -0.05) is 6.07 Å². The highest BCUT2D eigenvalue weighted by molar-refractivity contribution is 5.31. The summed E-state index contributed by atoms with van der Waals surface area (Å²) in [6.07, 6.45) is -4.85. The maximum atomic E-state index is 13.5. The lowest BCUT2D eigenvalue weighted by Crippen LogP contribution is -2.24. The Morgan fingerprint density at radius 2 is 2.00 bits per heavy atom. The Labute approximate surface area is 96.4 Å². The second-order valence-corrected chi connectivity index (χ2v) is 3.56. The molecule has 17 heavy (non-hydrogen) atoms. The fourth-order valence-electron chi connectivity index (χ4n) is 1.58. The molecule has 1 rings (SSSR count). The van der Waals surface area contributed by atoms with E-state index < -0.39 is 23.5 Å². The van der Waals surface area contributed by atoms with Gasteiger partial charge in [0.1, 0.15) is 11.6 Å². The average Bonchev–Trinajstić information content (AvgIpc) is 2.25. The maximum Gasteiger partial charge on any atom is 0.395 e. The van der Waals surface area contributed by atoms with Gasteiger partial charge in [0.15, 0.2) is 0 Å². The molecule has 0 aromatic heterocycles. The van der Waals surface area contributed by atoms with Crippen LogP contribution in [-0.4, -0.2) is 19.8 Å². The highest BCUT2D eigenvalue weighted by Gasteiger charge is 2.41. The van der Waals surface area contributed by atoms with Crippen molar-refractivity contribution in [3.8, 4) is 5.75 Å². The van der Waals surface area contributed by atoms with Crippen molar-refractivity contribution in [2.24, 2.45) is 5.73 Å². The van der Waals surface area contributed by atoms with Crippen LogP contribution in [0.3, 0.4) is 0 Å². The minimum atomic E-state index is -4.51. The van der Waals surface area contributed by atoms with E-state index in [0.717, 1.165) is 12.1 Å². The van der Waals surface area contributed by atoms with E-state index in [2.05, 4.69) is 0 Å². The molecule has 0 heterocycles. The van der Waals surface area contributed by atoms with Gasteiger partial charge in [0, 0.05) is 11.6 Å². The number of benzene rings is 1. The Morgan fingerprint density at radius 3 is 2.41 bits per heavy atom. The van der Waals surface area contributed by atoms with E-state index in [1.807, 2.05) is 0 Å². The third kappa shape index (κ3) is 3.33. The van der Waals surface area contributed by atoms with Gasteiger partial charge in [0.2, 0.25) is 0 Å². The lowest BCUT2D eigenvalue weighted by molar-refractivity contribution is -0.152. The molecule has 0 aliphatic heterocycles. The molecule has 0 bridgehead atoms. The molecule has 1 aromatic rings. The summed E-state index contributed by atoms with van der Waals surface area (Å²) >= 11 is 0. The van der Waals surface area contributed by atoms with Crippen LogP contribution in [0.1, 0.15) is 17.9 Å². The van der Waals surface area contributed by atoms with Crippen LogP contribution in [0.2, 0.25) is 0 Å². The topological polar surface area (TPSA) is 35.2 Å². The van der Waals surface area contributed by atoms with Gasteiger partial charge in [-0.3, -0.25) is 0 Å². The summed E-state index contributed by atoms with van der Waals surface area (Å²) in [4.78, 5) is 0. The third-order valence-corrected chi connectivity index (χ3v) is 2.43. The first-order valence-electron chi connectivity index (χ1n) is 5.00. The lowest BCUT2D eigenvalue weighted by Gasteiger charge is -2.20. The normalized spacial score (nSPS) is 13.5. The Kier molecular flexibility index (Phi) is 4.34. The first-order valence-corrected chi connectivity index (χ1v) is 5.00. The number of halogens is 4. The molecule has 6 heteroatoms. The van der Waals surface area contributed by atoms with Crippen LogP contribution in [-0.2, 0) is 0 Å². The Hall–Kier alpha value is -1.30. The molecule has 0 aliphatic carbocycles. The smallest absolute Gasteiger partial charge is 0.395 e. The molecule has 1 aromatic carbocycles. The van der Waals surface area contributed by atoms with Crippen LogP contribution >= 0.6 is 0 Å². The summed E-state index contributed by atoms with van der Waals surface area (Å²) < 4.78 is 56.4. The fourth-order valence-corrected chi connectivity index (χ4v) is 1.58. The zero-order valence-corrected chi connectivity index (χ0v) is 9.22. The van der Waals surface area contributed by atoms with Crippen LogP contribution in [0.15, 0.2) is 18.2 Å². The zero-order valence-electron chi connectivity index (χ0n) is 9.22. The van der Waals surface area contributed by atoms with Gasteiger partial charge in [-0.25, -0.2) is 4.39 Å². The van der Waals surface area contributed by atoms with E-state index in [4.69, 9.17) is 10.5 Å². The van der Waals surface area contributed by atoms with Crippen molar-refractivity contribution in [3.63, 3.8) is 0 Å². The quantitative estimate of drug-likeness (QED) is 0.835. The Balaban J connectivity index is 3.10. The molecule has 96 valence electrons. The van der Waals surface area contributed by atoms with E-state index in [-0.39, 0.29) is 18.7 Å². The Morgan fingerprint density at radius 1 is 1.35 bits per heavy atom. The number of rotatable bonds is 4. The van der Waals surface area contributed by atoms with E-state index in [1.54, 1.807) is 0 Å². The molecule has 0 radical (unpaired) electrons. The average molecular weight is 251 g/mol. The first kappa shape index (κ1) is 13.8. The van der Waals surface area contributed by atoms with Gasteiger partial charge in [-0.15, -0.1) is 0 Å². The van der Waals surface area contributed by atoms with Crippen molar-refractivity contribution in [2.75, 3.05) is 13.7 Å². The molecule has 0 saturated carbocycles. The fraction of sp³-hybridized carbons (Fsp3) is 0.455. The van der Waals surface area contributed by atoms with E-state index in [1.165, 1.54) is 13.2 Å². The van der Waals surface area contributed by atoms with Gasteiger partial charge in [0.05, 0.1) is 13.0 Å². The predicted octanol–water partition coefficient (Wildman–Crippen LogP) is 2.83. The molecule has 1 atom stereocenters. The number of hydrogen-bond donors (Lipinski definition) is 1. The summed E-state index contributed by atoms with van der Waals surface area (Å²) in [7, 11) is 1.32. The molecular formula is C11H13F4NO. The van der Waals surface area contributed by atoms with Crippen molar-refractivity contribution in [3.05, 3.63) is 29.6 Å². The SMILES string of the molecule is COc1ccc(C(CCN)C(F)(F)F)c(F)c1. The van der Waals surface area contributed by atoms with Crippen molar-refractivity contribution in [2.45, 2.75) is 18.5 Å². The van der Waals surface area contributed by atoms with Crippen molar-refractivity contribution >= 4 is 0 Å². The van der Waals surface area contributed by atoms with Crippen LogP contribution in [0.4, 0.5) is 17.6 Å². The monoisotopic (exact) mass is 251 g/mol. The van der Waals surface area contributed by atoms with Gasteiger partial charge in [0.25, 0.3) is 0 Å². The van der Waals surface area contributed by atoms with Gasteiger partial charge in [-0.2, -0.15) is 13.2 Å². The summed E-state index contributed by atoms with van der Waals surface area (Å²) in [5, 5.41) is 0. The van der Waals surface area contributed by atoms with Crippen LogP contribution < -0.4 is 10.5 Å².